The quantitative estimate of drug-likeness (QED) is 0.309. The van der Waals surface area contributed by atoms with E-state index >= 15 is 0 Å². The lowest BCUT2D eigenvalue weighted by atomic mass is 9.73. The molecule has 3 N–H and O–H groups in total. The molecule has 52 heavy (non-hydrogen) atoms. The molecule has 304 valence electrons. The first-order chi connectivity index (χ1) is 24.0. The zero-order chi connectivity index (χ0) is 39.7. The number of nitrogens with zero attached hydrogens (tertiary/aromatic N) is 1. The van der Waals surface area contributed by atoms with Gasteiger partial charge in [-0.05, 0) is 74.9 Å². The molecule has 0 radical (unpaired) electrons. The fourth-order valence-corrected chi connectivity index (χ4v) is 8.91. The van der Waals surface area contributed by atoms with E-state index in [-0.39, 0.29) is 43.1 Å². The monoisotopic (exact) mass is 745 g/mol. The molecule has 0 aromatic rings. The number of hydrogen-bond donors (Lipinski definition) is 3. The number of carbonyl (C=O) groups is 2. The molecule has 13 heteroatoms. The van der Waals surface area contributed by atoms with E-state index in [1.165, 1.54) is 14.0 Å². The van der Waals surface area contributed by atoms with Crippen molar-refractivity contribution >= 4 is 11.8 Å². The summed E-state index contributed by atoms with van der Waals surface area (Å²) in [6, 6.07) is 0.161. The first-order valence-electron chi connectivity index (χ1n) is 19.2. The van der Waals surface area contributed by atoms with Gasteiger partial charge in [0.25, 0.3) is 0 Å². The predicted molar refractivity (Wildman–Crippen MR) is 194 cm³/mol. The van der Waals surface area contributed by atoms with E-state index in [0.29, 0.717) is 0 Å². The number of methoxy groups -OCH3 is 2. The van der Waals surface area contributed by atoms with Gasteiger partial charge in [-0.2, -0.15) is 0 Å². The molecule has 0 aliphatic carbocycles. The van der Waals surface area contributed by atoms with E-state index in [1.54, 1.807) is 48.7 Å². The van der Waals surface area contributed by atoms with Crippen molar-refractivity contribution in [2.45, 2.75) is 180 Å². The molecule has 0 amide bonds. The first-order valence-corrected chi connectivity index (χ1v) is 19.2. The van der Waals surface area contributed by atoms with Gasteiger partial charge in [-0.25, -0.2) is 0 Å². The standard InChI is InChI=1S/C39H71NO12/c1-16-28-39(11,45)32(42)23(5)30(41)20(2)18-38(10,47-15)34(52-36-22(4)27(40(12)13)17-21(3)48-36)24(6)31(25(7)35(44)50-28)51-29-19-37(9,46-14)33(43)26(8)49-29/h20-29,31-34,36,42-43,45H,16-19H2,1-15H3/t20-,21?,22?,23+,24+,25-,26?,27?,28-,29?,31+,32-,33?,34-,36?,37?,38-,39-/m1/s1. The van der Waals surface area contributed by atoms with Gasteiger partial charge in [0.1, 0.15) is 23.6 Å². The van der Waals surface area contributed by atoms with E-state index in [2.05, 4.69) is 11.8 Å². The first kappa shape index (κ1) is 45.1. The van der Waals surface area contributed by atoms with Crippen LogP contribution in [0.4, 0.5) is 0 Å². The number of hydrogen-bond acceptors (Lipinski definition) is 13. The predicted octanol–water partition coefficient (Wildman–Crippen LogP) is 3.71. The van der Waals surface area contributed by atoms with Crippen molar-refractivity contribution in [2.24, 2.45) is 29.6 Å². The fourth-order valence-electron chi connectivity index (χ4n) is 8.91. The summed E-state index contributed by atoms with van der Waals surface area (Å²) in [5.41, 5.74) is -4.07. The maximum Gasteiger partial charge on any atom is 0.311 e. The van der Waals surface area contributed by atoms with Gasteiger partial charge in [0.15, 0.2) is 12.6 Å². The van der Waals surface area contributed by atoms with Crippen LogP contribution in [0.5, 0.6) is 0 Å². The number of aliphatic hydroxyl groups is 3. The van der Waals surface area contributed by atoms with Crippen LogP contribution in [0, 0.1) is 29.6 Å². The maximum atomic E-state index is 14.2. The summed E-state index contributed by atoms with van der Waals surface area (Å²) >= 11 is 0. The molecule has 3 heterocycles. The Bertz CT molecular complexity index is 1190. The van der Waals surface area contributed by atoms with Gasteiger partial charge in [-0.15, -0.1) is 0 Å². The molecule has 13 nitrogen and oxygen atoms in total. The average molecular weight is 746 g/mol. The van der Waals surface area contributed by atoms with Gasteiger partial charge in [0.05, 0.1) is 47.6 Å². The van der Waals surface area contributed by atoms with Crippen LogP contribution < -0.4 is 0 Å². The number of rotatable bonds is 8. The number of ether oxygens (including phenoxy) is 7. The Kier molecular flexibility index (Phi) is 15.3. The van der Waals surface area contributed by atoms with Crippen molar-refractivity contribution in [3.8, 4) is 0 Å². The molecular weight excluding hydrogens is 674 g/mol. The third-order valence-corrected chi connectivity index (χ3v) is 12.6. The molecule has 3 saturated heterocycles. The highest BCUT2D eigenvalue weighted by Crippen LogP contribution is 2.42. The average Bonchev–Trinajstić information content (AvgIpc) is 3.09. The van der Waals surface area contributed by atoms with Gasteiger partial charge in [-0.1, -0.05) is 34.6 Å². The van der Waals surface area contributed by atoms with E-state index in [4.69, 9.17) is 33.2 Å². The molecule has 3 fully saturated rings. The van der Waals surface area contributed by atoms with E-state index in [9.17, 15) is 24.9 Å². The topological polar surface area (TPSA) is 163 Å². The normalized spacial score (nSPS) is 49.0. The number of cyclic esters (lactones) is 1. The zero-order valence-corrected chi connectivity index (χ0v) is 34.5. The molecular formula is C39H71NO12. The van der Waals surface area contributed by atoms with Crippen molar-refractivity contribution < 1.29 is 58.1 Å². The summed E-state index contributed by atoms with van der Waals surface area (Å²) in [5.74, 6) is -4.15. The lowest BCUT2D eigenvalue weighted by molar-refractivity contribution is -0.314. The number of ketones is 1. The van der Waals surface area contributed by atoms with Crippen LogP contribution in [0.3, 0.4) is 0 Å². The number of esters is 1. The second-order valence-corrected chi connectivity index (χ2v) is 17.0. The number of carbonyl (C=O) groups excluding carboxylic acids is 2. The third-order valence-electron chi connectivity index (χ3n) is 12.6. The van der Waals surface area contributed by atoms with Crippen molar-refractivity contribution in [1.82, 2.24) is 4.90 Å². The Balaban J connectivity index is 2.22. The van der Waals surface area contributed by atoms with Crippen LogP contribution in [-0.4, -0.2) is 138 Å². The second kappa shape index (κ2) is 17.7. The summed E-state index contributed by atoms with van der Waals surface area (Å²) in [6.45, 7) is 19.7. The molecule has 0 aromatic heterocycles. The van der Waals surface area contributed by atoms with Crippen LogP contribution in [0.2, 0.25) is 0 Å². The van der Waals surface area contributed by atoms with Gasteiger partial charge < -0.3 is 53.4 Å². The zero-order valence-electron chi connectivity index (χ0n) is 34.5. The van der Waals surface area contributed by atoms with Gasteiger partial charge in [0.2, 0.25) is 0 Å². The molecule has 3 aliphatic rings. The molecule has 0 aromatic carbocycles. The Labute approximate surface area is 312 Å². The Morgan fingerprint density at radius 1 is 0.827 bits per heavy atom. The smallest absolute Gasteiger partial charge is 0.311 e. The van der Waals surface area contributed by atoms with E-state index < -0.39 is 95.6 Å². The number of aliphatic hydroxyl groups excluding tert-OH is 2. The Hall–Kier alpha value is -1.26. The molecule has 0 bridgehead atoms. The van der Waals surface area contributed by atoms with E-state index in [0.717, 1.165) is 6.42 Å². The Morgan fingerprint density at radius 2 is 1.42 bits per heavy atom. The molecule has 0 spiro atoms. The third kappa shape index (κ3) is 9.39. The lowest BCUT2D eigenvalue weighted by Gasteiger charge is -2.50. The van der Waals surface area contributed by atoms with Crippen LogP contribution in [-0.2, 0) is 42.7 Å². The summed E-state index contributed by atoms with van der Waals surface area (Å²) in [4.78, 5) is 30.4. The summed E-state index contributed by atoms with van der Waals surface area (Å²) < 4.78 is 44.6. The van der Waals surface area contributed by atoms with Crippen molar-refractivity contribution in [1.29, 1.82) is 0 Å². The van der Waals surface area contributed by atoms with Gasteiger partial charge >= 0.3 is 5.97 Å². The second-order valence-electron chi connectivity index (χ2n) is 17.0. The van der Waals surface area contributed by atoms with Crippen LogP contribution >= 0.6 is 0 Å². The Morgan fingerprint density at radius 3 is 1.96 bits per heavy atom. The van der Waals surface area contributed by atoms with Crippen LogP contribution in [0.15, 0.2) is 0 Å². The lowest BCUT2D eigenvalue weighted by Crippen LogP contribution is -2.60. The van der Waals surface area contributed by atoms with Crippen molar-refractivity contribution in [3.05, 3.63) is 0 Å². The molecule has 18 atom stereocenters. The SMILES string of the molecule is CC[C@H]1OC(=O)[C@H](C)[C@@H](OC2CC(C)(OC)C(O)C(C)O2)[C@H](C)[C@@H](OC2OC(C)CC(N(C)C)C2C)[C@](C)(OC)C[C@@H](C)C(=O)[C@H](C)[C@@H](O)[C@]1(C)O. The van der Waals surface area contributed by atoms with Crippen molar-refractivity contribution in [3.63, 3.8) is 0 Å². The minimum Gasteiger partial charge on any atom is -0.459 e. The fraction of sp³-hybridized carbons (Fsp3) is 0.949. The van der Waals surface area contributed by atoms with E-state index in [1.807, 2.05) is 34.9 Å². The molecule has 0 saturated carbocycles. The molecule has 3 rings (SSSR count). The molecule has 3 aliphatic heterocycles. The minimum atomic E-state index is -1.94. The number of Topliss-reactive ketones (excluding diaryl/α,β-unsaturated/α-hetero) is 1. The largest absolute Gasteiger partial charge is 0.459 e. The highest BCUT2D eigenvalue weighted by Gasteiger charge is 2.54. The van der Waals surface area contributed by atoms with Crippen molar-refractivity contribution in [2.75, 3.05) is 28.3 Å². The highest BCUT2D eigenvalue weighted by atomic mass is 16.7. The van der Waals surface area contributed by atoms with Crippen LogP contribution in [0.25, 0.3) is 0 Å². The summed E-state index contributed by atoms with van der Waals surface area (Å²) in [7, 11) is 7.17. The summed E-state index contributed by atoms with van der Waals surface area (Å²) in [5, 5.41) is 34.1. The molecule has 8 unspecified atom stereocenters. The van der Waals surface area contributed by atoms with Gasteiger partial charge in [-0.3, -0.25) is 9.59 Å². The maximum absolute atomic E-state index is 14.2. The van der Waals surface area contributed by atoms with Gasteiger partial charge in [0, 0.05) is 50.4 Å². The summed E-state index contributed by atoms with van der Waals surface area (Å²) in [6.07, 6.45) is -6.25. The van der Waals surface area contributed by atoms with Crippen LogP contribution in [0.1, 0.15) is 102 Å². The highest BCUT2D eigenvalue weighted by molar-refractivity contribution is 5.83. The minimum absolute atomic E-state index is 0.0532.